The summed E-state index contributed by atoms with van der Waals surface area (Å²) in [5.41, 5.74) is 0.369. The van der Waals surface area contributed by atoms with Crippen molar-refractivity contribution in [1.82, 2.24) is 0 Å². The molecule has 0 spiro atoms. The van der Waals surface area contributed by atoms with Crippen molar-refractivity contribution in [2.75, 3.05) is 5.32 Å². The molecule has 4 nitrogen and oxygen atoms in total. The van der Waals surface area contributed by atoms with Crippen LogP contribution in [0, 0.1) is 15.1 Å². The quantitative estimate of drug-likeness (QED) is 0.391. The van der Waals surface area contributed by atoms with Gasteiger partial charge in [0.1, 0.15) is 17.4 Å². The van der Waals surface area contributed by atoms with Gasteiger partial charge < -0.3 is 9.73 Å². The molecule has 0 fully saturated rings. The van der Waals surface area contributed by atoms with Crippen molar-refractivity contribution in [2.24, 2.45) is 0 Å². The average molecular weight is 477 g/mol. The first-order valence-electron chi connectivity index (χ1n) is 5.63. The Balaban J connectivity index is 2.24. The number of nitrogens with one attached hydrogen (secondary N) is 1. The van der Waals surface area contributed by atoms with E-state index in [0.29, 0.717) is 20.2 Å². The molecule has 0 saturated carbocycles. The SMILES string of the molecule is N#C/C(=C\c1cc(Br)c(I)o1)C(=O)Nc1ccccc1Cl. The van der Waals surface area contributed by atoms with Crippen molar-refractivity contribution in [3.8, 4) is 6.07 Å². The van der Waals surface area contributed by atoms with Gasteiger partial charge in [-0.2, -0.15) is 5.26 Å². The predicted molar refractivity (Wildman–Crippen MR) is 92.8 cm³/mol. The van der Waals surface area contributed by atoms with E-state index in [1.165, 1.54) is 6.08 Å². The molecule has 1 heterocycles. The summed E-state index contributed by atoms with van der Waals surface area (Å²) in [5, 5.41) is 12.1. The van der Waals surface area contributed by atoms with Crippen LogP contribution < -0.4 is 5.32 Å². The monoisotopic (exact) mass is 476 g/mol. The van der Waals surface area contributed by atoms with Gasteiger partial charge in [-0.1, -0.05) is 23.7 Å². The summed E-state index contributed by atoms with van der Waals surface area (Å²) in [4.78, 5) is 12.1. The fourth-order valence-corrected chi connectivity index (χ4v) is 2.38. The Morgan fingerprint density at radius 2 is 2.19 bits per heavy atom. The molecule has 0 aliphatic heterocycles. The number of para-hydroxylation sites is 1. The highest BCUT2D eigenvalue weighted by Crippen LogP contribution is 2.25. The minimum atomic E-state index is -0.548. The zero-order valence-electron chi connectivity index (χ0n) is 10.4. The van der Waals surface area contributed by atoms with E-state index < -0.39 is 5.91 Å². The van der Waals surface area contributed by atoms with Gasteiger partial charge >= 0.3 is 0 Å². The van der Waals surface area contributed by atoms with Crippen molar-refractivity contribution in [1.29, 1.82) is 5.26 Å². The van der Waals surface area contributed by atoms with E-state index in [-0.39, 0.29) is 5.57 Å². The zero-order chi connectivity index (χ0) is 15.4. The maximum absolute atomic E-state index is 12.1. The van der Waals surface area contributed by atoms with Gasteiger partial charge in [0.05, 0.1) is 15.2 Å². The Labute approximate surface area is 148 Å². The molecule has 0 atom stereocenters. The van der Waals surface area contributed by atoms with Gasteiger partial charge in [0.25, 0.3) is 5.91 Å². The van der Waals surface area contributed by atoms with Gasteiger partial charge in [-0.3, -0.25) is 4.79 Å². The lowest BCUT2D eigenvalue weighted by Crippen LogP contribution is -2.13. The summed E-state index contributed by atoms with van der Waals surface area (Å²) in [6, 6.07) is 10.3. The summed E-state index contributed by atoms with van der Waals surface area (Å²) < 4.78 is 6.78. The molecule has 0 aliphatic rings. The fraction of sp³-hybridized carbons (Fsp3) is 0. The fourth-order valence-electron chi connectivity index (χ4n) is 1.48. The minimum Gasteiger partial charge on any atom is -0.450 e. The van der Waals surface area contributed by atoms with Crippen LogP contribution in [0.2, 0.25) is 5.02 Å². The lowest BCUT2D eigenvalue weighted by atomic mass is 10.2. The van der Waals surface area contributed by atoms with Crippen LogP contribution in [0.15, 0.2) is 44.8 Å². The van der Waals surface area contributed by atoms with Gasteiger partial charge in [0.2, 0.25) is 0 Å². The molecule has 2 rings (SSSR count). The van der Waals surface area contributed by atoms with Crippen LogP contribution in [-0.2, 0) is 4.79 Å². The number of hydrogen-bond acceptors (Lipinski definition) is 3. The molecule has 21 heavy (non-hydrogen) atoms. The number of furan rings is 1. The molecule has 0 bridgehead atoms. The highest BCUT2D eigenvalue weighted by atomic mass is 127. The highest BCUT2D eigenvalue weighted by Gasteiger charge is 2.13. The van der Waals surface area contributed by atoms with Gasteiger partial charge in [-0.15, -0.1) is 0 Å². The normalized spacial score (nSPS) is 11.0. The Morgan fingerprint density at radius 3 is 2.76 bits per heavy atom. The number of carbonyl (C=O) groups excluding carboxylic acids is 1. The second kappa shape index (κ2) is 7.11. The summed E-state index contributed by atoms with van der Waals surface area (Å²) in [5.74, 6) is -0.134. The number of benzene rings is 1. The Kier molecular flexibility index (Phi) is 5.45. The second-order valence-electron chi connectivity index (χ2n) is 3.87. The summed E-state index contributed by atoms with van der Waals surface area (Å²) in [6.07, 6.45) is 1.37. The summed E-state index contributed by atoms with van der Waals surface area (Å²) in [7, 11) is 0. The predicted octanol–water partition coefficient (Wildman–Crippen LogP) is 4.85. The van der Waals surface area contributed by atoms with Crippen molar-refractivity contribution >= 4 is 67.8 Å². The van der Waals surface area contributed by atoms with Crippen LogP contribution >= 0.6 is 50.1 Å². The molecule has 0 aliphatic carbocycles. The first-order chi connectivity index (χ1) is 10.0. The number of halogens is 3. The topological polar surface area (TPSA) is 66.0 Å². The minimum absolute atomic E-state index is 0.0763. The number of anilines is 1. The maximum Gasteiger partial charge on any atom is 0.266 e. The largest absolute Gasteiger partial charge is 0.450 e. The smallest absolute Gasteiger partial charge is 0.266 e. The molecule has 1 aromatic carbocycles. The van der Waals surface area contributed by atoms with E-state index in [9.17, 15) is 4.79 Å². The van der Waals surface area contributed by atoms with Crippen molar-refractivity contribution < 1.29 is 9.21 Å². The number of rotatable bonds is 3. The van der Waals surface area contributed by atoms with Gasteiger partial charge in [-0.05, 0) is 34.1 Å². The van der Waals surface area contributed by atoms with Gasteiger partial charge in [0, 0.05) is 28.7 Å². The number of nitriles is 1. The zero-order valence-corrected chi connectivity index (χ0v) is 14.9. The third kappa shape index (κ3) is 4.09. The molecule has 0 saturated heterocycles. The Morgan fingerprint density at radius 1 is 1.48 bits per heavy atom. The second-order valence-corrected chi connectivity index (χ2v) is 6.12. The average Bonchev–Trinajstić information content (AvgIpc) is 2.77. The van der Waals surface area contributed by atoms with Gasteiger partial charge in [-0.25, -0.2) is 0 Å². The number of nitrogens with zero attached hydrogens (tertiary/aromatic N) is 1. The Bertz CT molecular complexity index is 745. The third-order valence-electron chi connectivity index (χ3n) is 2.44. The van der Waals surface area contributed by atoms with Crippen molar-refractivity contribution in [2.45, 2.75) is 0 Å². The molecule has 1 aromatic heterocycles. The van der Waals surface area contributed by atoms with Crippen molar-refractivity contribution in [3.63, 3.8) is 0 Å². The van der Waals surface area contributed by atoms with E-state index >= 15 is 0 Å². The number of carbonyl (C=O) groups is 1. The van der Waals surface area contributed by atoms with Crippen LogP contribution in [0.1, 0.15) is 5.76 Å². The lowest BCUT2D eigenvalue weighted by Gasteiger charge is -2.05. The molecule has 1 amide bonds. The standard InChI is InChI=1S/C14H7BrClIN2O2/c15-10-6-9(21-13(10)17)5-8(7-18)14(20)19-12-4-2-1-3-11(12)16/h1-6H,(H,19,20)/b8-5+. The van der Waals surface area contributed by atoms with E-state index in [0.717, 1.165) is 4.47 Å². The van der Waals surface area contributed by atoms with Gasteiger partial charge in [0.15, 0.2) is 3.77 Å². The van der Waals surface area contributed by atoms with E-state index in [1.807, 2.05) is 28.7 Å². The summed E-state index contributed by atoms with van der Waals surface area (Å²) in [6.45, 7) is 0. The van der Waals surface area contributed by atoms with Crippen LogP contribution in [-0.4, -0.2) is 5.91 Å². The van der Waals surface area contributed by atoms with E-state index in [4.69, 9.17) is 21.3 Å². The number of hydrogen-bond donors (Lipinski definition) is 1. The first-order valence-corrected chi connectivity index (χ1v) is 7.88. The molecule has 0 radical (unpaired) electrons. The van der Waals surface area contributed by atoms with Crippen LogP contribution in [0.4, 0.5) is 5.69 Å². The molecule has 0 unspecified atom stereocenters. The van der Waals surface area contributed by atoms with Crippen LogP contribution in [0.5, 0.6) is 0 Å². The molecular formula is C14H7BrClIN2O2. The maximum atomic E-state index is 12.1. The van der Waals surface area contributed by atoms with E-state index in [1.54, 1.807) is 30.3 Å². The molecular weight excluding hydrogens is 470 g/mol. The van der Waals surface area contributed by atoms with Crippen LogP contribution in [0.25, 0.3) is 6.08 Å². The highest BCUT2D eigenvalue weighted by molar-refractivity contribution is 14.1. The molecule has 106 valence electrons. The number of amides is 1. The van der Waals surface area contributed by atoms with Crippen molar-refractivity contribution in [3.05, 3.63) is 54.9 Å². The first kappa shape index (κ1) is 16.1. The summed E-state index contributed by atoms with van der Waals surface area (Å²) >= 11 is 11.3. The third-order valence-corrected chi connectivity index (χ3v) is 4.90. The molecule has 1 N–H and O–H groups in total. The lowest BCUT2D eigenvalue weighted by molar-refractivity contribution is -0.112. The molecule has 2 aromatic rings. The molecule has 7 heteroatoms. The Hall–Kier alpha value is -1.30. The van der Waals surface area contributed by atoms with E-state index in [2.05, 4.69) is 21.2 Å². The van der Waals surface area contributed by atoms with Crippen LogP contribution in [0.3, 0.4) is 0 Å².